The van der Waals surface area contributed by atoms with Crippen LogP contribution in [-0.4, -0.2) is 9.52 Å². The van der Waals surface area contributed by atoms with Crippen LogP contribution < -0.4 is 13.6 Å². The van der Waals surface area contributed by atoms with E-state index >= 15 is 0 Å². The van der Waals surface area contributed by atoms with Crippen molar-refractivity contribution in [3.05, 3.63) is 233 Å². The van der Waals surface area contributed by atoms with Gasteiger partial charge in [0.05, 0.1) is 0 Å². The number of rotatable bonds is 11. The van der Waals surface area contributed by atoms with Crippen molar-refractivity contribution < 1.29 is 16.4 Å². The average molecular weight is 962 g/mol. The third-order valence-electron chi connectivity index (χ3n) is 14.4. The molecule has 0 saturated carbocycles. The second-order valence-electron chi connectivity index (χ2n) is 18.1. The number of aryl methyl sites for hydroxylation is 2. The molecule has 0 amide bonds. The first-order valence-electron chi connectivity index (χ1n) is 23.1. The van der Waals surface area contributed by atoms with Crippen LogP contribution in [0.1, 0.15) is 78.4 Å². The number of hydrogen-bond donors (Lipinski definition) is 0. The van der Waals surface area contributed by atoms with Crippen molar-refractivity contribution >= 4 is 63.5 Å². The number of halogens is 2. The average Bonchev–Trinajstić information content (AvgIpc) is 4.06. The predicted octanol–water partition coefficient (Wildman–Crippen LogP) is 14.2. The molecule has 1 aliphatic heterocycles. The second-order valence-corrected chi connectivity index (χ2v) is 40.5. The first-order chi connectivity index (χ1) is 31.4. The summed E-state index contributed by atoms with van der Waals surface area (Å²) in [5, 5.41) is 2.90. The van der Waals surface area contributed by atoms with Gasteiger partial charge in [-0.1, -0.05) is 0 Å². The van der Waals surface area contributed by atoms with Gasteiger partial charge >= 0.3 is 393 Å². The minimum atomic E-state index is -5.96. The fraction of sp³-hybridized carbons (Fsp3) is 0.133. The summed E-state index contributed by atoms with van der Waals surface area (Å²) in [5.74, 6) is 0. The van der Waals surface area contributed by atoms with Gasteiger partial charge in [-0.15, -0.1) is 0 Å². The van der Waals surface area contributed by atoms with E-state index in [1.807, 2.05) is 0 Å². The predicted molar refractivity (Wildman–Crippen MR) is 277 cm³/mol. The van der Waals surface area contributed by atoms with Crippen molar-refractivity contribution in [1.82, 2.24) is 0 Å². The molecular weight excluding hydrogens is 911 g/mol. The molecule has 3 aliphatic rings. The van der Waals surface area contributed by atoms with E-state index in [9.17, 15) is 17.0 Å². The molecule has 1 heterocycles. The Hall–Kier alpha value is -5.08. The van der Waals surface area contributed by atoms with E-state index in [0.29, 0.717) is 0 Å². The van der Waals surface area contributed by atoms with Crippen molar-refractivity contribution in [2.24, 2.45) is 0 Å². The van der Waals surface area contributed by atoms with Gasteiger partial charge in [0.2, 0.25) is 0 Å². The standard InChI is InChI=1S/2C24H21.C12H9Si.2ClH.Zr/c2*1-2-9-19-14-15-21-16-22(18-10-5-3-6-11-18)17-23(21)24(19)20-12-7-4-8-13-20;1-3-7-11-9(5-1)10-6-2-4-8-12(10)13-11;;;/h2*3-8,10-17H,2,9H2,1H3;1-7H,13H2;2*1H;/q;;;;;+2/p-2. The Morgan fingerprint density at radius 1 is 0.438 bits per heavy atom. The number of allylic oxidation sites excluding steroid dienone is 2. The molecule has 64 heavy (non-hydrogen) atoms. The topological polar surface area (TPSA) is 0 Å². The summed E-state index contributed by atoms with van der Waals surface area (Å²) in [6.45, 7) is 4.57. The summed E-state index contributed by atoms with van der Waals surface area (Å²) in [7, 11) is 18.3. The van der Waals surface area contributed by atoms with Crippen LogP contribution in [0.2, 0.25) is 0 Å². The fourth-order valence-corrected chi connectivity index (χ4v) is 38.8. The Morgan fingerprint density at radius 3 is 1.33 bits per heavy atom. The zero-order valence-corrected chi connectivity index (χ0v) is 41.9. The molecular formula is C60H51Cl2SiZr. The number of fused-ring (bicyclic) bond motifs is 5. The molecule has 4 heteroatoms. The van der Waals surface area contributed by atoms with Crippen molar-refractivity contribution in [2.75, 3.05) is 0 Å². The van der Waals surface area contributed by atoms with Gasteiger partial charge < -0.3 is 0 Å². The molecule has 2 atom stereocenters. The van der Waals surface area contributed by atoms with Crippen LogP contribution >= 0.6 is 17.0 Å². The SMILES string of the molecule is CCCc1ccc2c(c1-c1ccccc1)C=C(c1ccccc1)[CH]2[Zr]([Cl])([Cl])([c]1cccc2c1[SiH2]c1ccccc1-2)[CH]1C(c2ccccc2)=Cc2c1ccc(CCC)c2-c1ccccc1. The third-order valence-corrected chi connectivity index (χ3v) is 36.9. The van der Waals surface area contributed by atoms with Gasteiger partial charge in [0.1, 0.15) is 0 Å². The van der Waals surface area contributed by atoms with Crippen molar-refractivity contribution in [3.63, 3.8) is 0 Å². The Morgan fingerprint density at radius 2 is 0.859 bits per heavy atom. The van der Waals surface area contributed by atoms with Gasteiger partial charge in [-0.2, -0.15) is 0 Å². The Bertz CT molecular complexity index is 2970. The van der Waals surface area contributed by atoms with E-state index in [1.165, 1.54) is 103 Å². The molecule has 0 N–H and O–H groups in total. The summed E-state index contributed by atoms with van der Waals surface area (Å²) in [6, 6.07) is 69.8. The van der Waals surface area contributed by atoms with Crippen molar-refractivity contribution in [1.29, 1.82) is 0 Å². The fourth-order valence-electron chi connectivity index (χ4n) is 11.8. The zero-order valence-electron chi connectivity index (χ0n) is 36.5. The van der Waals surface area contributed by atoms with E-state index in [1.54, 1.807) is 0 Å². The van der Waals surface area contributed by atoms with Gasteiger partial charge in [0.15, 0.2) is 0 Å². The van der Waals surface area contributed by atoms with E-state index in [0.717, 1.165) is 25.7 Å². The van der Waals surface area contributed by atoms with Crippen molar-refractivity contribution in [2.45, 2.75) is 46.8 Å². The molecule has 0 aromatic heterocycles. The van der Waals surface area contributed by atoms with Gasteiger partial charge in [-0.25, -0.2) is 0 Å². The Balaban J connectivity index is 1.29. The Kier molecular flexibility index (Phi) is 10.9. The van der Waals surface area contributed by atoms with Gasteiger partial charge in [-0.05, 0) is 0 Å². The van der Waals surface area contributed by atoms with E-state index < -0.39 is 25.9 Å². The third kappa shape index (κ3) is 6.62. The summed E-state index contributed by atoms with van der Waals surface area (Å²) >= 11 is -5.96. The van der Waals surface area contributed by atoms with Crippen LogP contribution in [0.4, 0.5) is 0 Å². The molecule has 0 fully saturated rings. The normalized spacial score (nSPS) is 16.9. The molecule has 0 bridgehead atoms. The molecule has 8 aromatic carbocycles. The molecule has 0 radical (unpaired) electrons. The van der Waals surface area contributed by atoms with Crippen LogP contribution in [0.3, 0.4) is 0 Å². The second kappa shape index (κ2) is 16.7. The van der Waals surface area contributed by atoms with Crippen molar-refractivity contribution in [3.8, 4) is 33.4 Å². The maximum absolute atomic E-state index is 9.62. The summed E-state index contributed by atoms with van der Waals surface area (Å²) in [4.78, 5) is 0. The molecule has 11 rings (SSSR count). The first-order valence-corrected chi connectivity index (χ1v) is 34.9. The maximum atomic E-state index is 9.62. The molecule has 313 valence electrons. The molecule has 8 aromatic rings. The number of hydrogen-bond acceptors (Lipinski definition) is 0. The van der Waals surface area contributed by atoms with Crippen LogP contribution in [0.5, 0.6) is 0 Å². The van der Waals surface area contributed by atoms with Crippen LogP contribution in [0, 0.1) is 0 Å². The molecule has 2 unspecified atom stereocenters. The van der Waals surface area contributed by atoms with Gasteiger partial charge in [-0.3, -0.25) is 0 Å². The van der Waals surface area contributed by atoms with E-state index in [2.05, 4.69) is 214 Å². The van der Waals surface area contributed by atoms with E-state index in [-0.39, 0.29) is 7.25 Å². The summed E-state index contributed by atoms with van der Waals surface area (Å²) < 4.78 is 0.716. The molecule has 0 nitrogen and oxygen atoms in total. The zero-order chi connectivity index (χ0) is 43.4. The quantitative estimate of drug-likeness (QED) is 0.113. The van der Waals surface area contributed by atoms with Crippen LogP contribution in [0.25, 0.3) is 56.7 Å². The molecule has 2 aliphatic carbocycles. The monoisotopic (exact) mass is 959 g/mol. The summed E-state index contributed by atoms with van der Waals surface area (Å²) in [6.07, 6.45) is 9.11. The molecule has 0 saturated heterocycles. The van der Waals surface area contributed by atoms with Crippen LogP contribution in [0.15, 0.2) is 188 Å². The number of benzene rings is 8. The first kappa shape index (κ1) is 41.6. The minimum absolute atomic E-state index is 0.261. The Labute approximate surface area is 389 Å². The van der Waals surface area contributed by atoms with E-state index in [4.69, 9.17) is 0 Å². The van der Waals surface area contributed by atoms with Gasteiger partial charge in [0, 0.05) is 0 Å². The molecule has 0 spiro atoms. The summed E-state index contributed by atoms with van der Waals surface area (Å²) in [5.41, 5.74) is 20.4. The van der Waals surface area contributed by atoms with Crippen LogP contribution in [-0.2, 0) is 29.2 Å². The van der Waals surface area contributed by atoms with Gasteiger partial charge in [0.25, 0.3) is 0 Å².